The molecular weight excluding hydrogens is 206 g/mol. The van der Waals surface area contributed by atoms with Crippen molar-refractivity contribution in [3.05, 3.63) is 35.4 Å². The van der Waals surface area contributed by atoms with Crippen LogP contribution in [0.4, 0.5) is 0 Å². The Balaban J connectivity index is 2.62. The number of nitrogens with one attached hydrogen (secondary N) is 1. The number of rotatable bonds is 2. The van der Waals surface area contributed by atoms with E-state index in [1.165, 1.54) is 0 Å². The molecular formula is C12H11NOS. The standard InChI is InChI=1S/C12H11NOS/c1-3-10-4-6-11(7-5-10)8-12(14)13-9(2)15/h1,4-7H,8H2,2H3,(H,13,14,15). The molecule has 0 fully saturated rings. The molecule has 0 aliphatic rings. The lowest BCUT2D eigenvalue weighted by molar-refractivity contribution is -0.119. The van der Waals surface area contributed by atoms with E-state index in [0.29, 0.717) is 11.4 Å². The van der Waals surface area contributed by atoms with E-state index in [2.05, 4.69) is 11.2 Å². The first-order valence-corrected chi connectivity index (χ1v) is 4.88. The Bertz CT molecular complexity index is 414. The summed E-state index contributed by atoms with van der Waals surface area (Å²) in [6, 6.07) is 7.31. The second kappa shape index (κ2) is 5.28. The van der Waals surface area contributed by atoms with E-state index in [1.54, 1.807) is 6.92 Å². The molecule has 0 atom stereocenters. The van der Waals surface area contributed by atoms with Gasteiger partial charge in [-0.25, -0.2) is 0 Å². The molecule has 0 saturated heterocycles. The Morgan fingerprint density at radius 1 is 1.47 bits per heavy atom. The third-order valence-electron chi connectivity index (χ3n) is 1.80. The van der Waals surface area contributed by atoms with Crippen LogP contribution in [0.3, 0.4) is 0 Å². The van der Waals surface area contributed by atoms with Crippen LogP contribution in [-0.4, -0.2) is 10.9 Å². The van der Waals surface area contributed by atoms with Crippen LogP contribution in [0.5, 0.6) is 0 Å². The second-order valence-electron chi connectivity index (χ2n) is 3.12. The molecule has 2 nitrogen and oxygen atoms in total. The molecule has 1 aromatic carbocycles. The molecule has 0 saturated carbocycles. The van der Waals surface area contributed by atoms with Crippen LogP contribution in [0.1, 0.15) is 18.1 Å². The maximum atomic E-state index is 11.3. The van der Waals surface area contributed by atoms with E-state index in [9.17, 15) is 4.79 Å². The Labute approximate surface area is 94.7 Å². The molecule has 1 rings (SSSR count). The predicted molar refractivity (Wildman–Crippen MR) is 64.5 cm³/mol. The summed E-state index contributed by atoms with van der Waals surface area (Å²) in [5.74, 6) is 2.42. The van der Waals surface area contributed by atoms with Crippen LogP contribution in [0.15, 0.2) is 24.3 Å². The first kappa shape index (κ1) is 11.4. The van der Waals surface area contributed by atoms with Gasteiger partial charge in [0.2, 0.25) is 5.91 Å². The maximum absolute atomic E-state index is 11.3. The minimum atomic E-state index is -0.101. The minimum absolute atomic E-state index is 0.101. The minimum Gasteiger partial charge on any atom is -0.320 e. The van der Waals surface area contributed by atoms with Gasteiger partial charge in [-0.2, -0.15) is 0 Å². The van der Waals surface area contributed by atoms with Gasteiger partial charge < -0.3 is 5.32 Å². The molecule has 1 aromatic rings. The fourth-order valence-corrected chi connectivity index (χ4v) is 1.26. The highest BCUT2D eigenvalue weighted by Crippen LogP contribution is 2.03. The number of thiocarbonyl (C=S) groups is 1. The molecule has 0 aliphatic heterocycles. The smallest absolute Gasteiger partial charge is 0.229 e. The highest BCUT2D eigenvalue weighted by molar-refractivity contribution is 7.80. The Morgan fingerprint density at radius 2 is 2.07 bits per heavy atom. The number of carbonyl (C=O) groups is 1. The summed E-state index contributed by atoms with van der Waals surface area (Å²) in [5, 5.41) is 2.57. The highest BCUT2D eigenvalue weighted by Gasteiger charge is 2.02. The maximum Gasteiger partial charge on any atom is 0.229 e. The molecule has 0 unspecified atom stereocenters. The van der Waals surface area contributed by atoms with Crippen LogP contribution in [0.25, 0.3) is 0 Å². The summed E-state index contributed by atoms with van der Waals surface area (Å²) >= 11 is 4.77. The van der Waals surface area contributed by atoms with Crippen LogP contribution < -0.4 is 5.32 Å². The number of hydrogen-bond donors (Lipinski definition) is 1. The largest absolute Gasteiger partial charge is 0.320 e. The number of terminal acetylenes is 1. The van der Waals surface area contributed by atoms with Gasteiger partial charge in [-0.15, -0.1) is 6.42 Å². The summed E-state index contributed by atoms with van der Waals surface area (Å²) in [4.78, 5) is 11.8. The first-order chi connectivity index (χ1) is 7.11. The molecule has 0 radical (unpaired) electrons. The molecule has 1 amide bonds. The molecule has 0 spiro atoms. The van der Waals surface area contributed by atoms with Gasteiger partial charge >= 0.3 is 0 Å². The molecule has 76 valence electrons. The van der Waals surface area contributed by atoms with Crippen molar-refractivity contribution in [2.75, 3.05) is 0 Å². The van der Waals surface area contributed by atoms with Gasteiger partial charge in [-0.1, -0.05) is 30.3 Å². The lowest BCUT2D eigenvalue weighted by atomic mass is 10.1. The molecule has 0 bridgehead atoms. The number of benzene rings is 1. The Hall–Kier alpha value is -1.66. The van der Waals surface area contributed by atoms with Crippen LogP contribution in [0.2, 0.25) is 0 Å². The third-order valence-corrected chi connectivity index (χ3v) is 1.90. The van der Waals surface area contributed by atoms with Crippen molar-refractivity contribution in [2.24, 2.45) is 0 Å². The van der Waals surface area contributed by atoms with Crippen LogP contribution in [-0.2, 0) is 11.2 Å². The van der Waals surface area contributed by atoms with E-state index in [4.69, 9.17) is 18.6 Å². The monoisotopic (exact) mass is 217 g/mol. The SMILES string of the molecule is C#Cc1ccc(CC(=O)NC(C)=S)cc1. The van der Waals surface area contributed by atoms with Gasteiger partial charge in [0.15, 0.2) is 0 Å². The van der Waals surface area contributed by atoms with E-state index in [-0.39, 0.29) is 5.91 Å². The van der Waals surface area contributed by atoms with Crippen molar-refractivity contribution in [1.82, 2.24) is 5.32 Å². The molecule has 0 aromatic heterocycles. The van der Waals surface area contributed by atoms with Crippen LogP contribution >= 0.6 is 12.2 Å². The number of amides is 1. The van der Waals surface area contributed by atoms with Gasteiger partial charge in [0, 0.05) is 5.56 Å². The summed E-state index contributed by atoms with van der Waals surface area (Å²) in [7, 11) is 0. The van der Waals surface area contributed by atoms with Gasteiger partial charge in [-0.05, 0) is 24.6 Å². The summed E-state index contributed by atoms with van der Waals surface area (Å²) in [6.07, 6.45) is 5.54. The first-order valence-electron chi connectivity index (χ1n) is 4.48. The quantitative estimate of drug-likeness (QED) is 0.603. The Morgan fingerprint density at radius 3 is 2.53 bits per heavy atom. The zero-order valence-corrected chi connectivity index (χ0v) is 9.23. The van der Waals surface area contributed by atoms with Crippen molar-refractivity contribution >= 4 is 23.1 Å². The van der Waals surface area contributed by atoms with Crippen LogP contribution in [0, 0.1) is 12.3 Å². The molecule has 0 aliphatic carbocycles. The van der Waals surface area contributed by atoms with Crippen molar-refractivity contribution in [1.29, 1.82) is 0 Å². The van der Waals surface area contributed by atoms with Crippen molar-refractivity contribution in [2.45, 2.75) is 13.3 Å². The molecule has 3 heteroatoms. The highest BCUT2D eigenvalue weighted by atomic mass is 32.1. The molecule has 1 N–H and O–H groups in total. The van der Waals surface area contributed by atoms with E-state index in [0.717, 1.165) is 11.1 Å². The average Bonchev–Trinajstić information content (AvgIpc) is 2.17. The van der Waals surface area contributed by atoms with E-state index >= 15 is 0 Å². The van der Waals surface area contributed by atoms with E-state index < -0.39 is 0 Å². The van der Waals surface area contributed by atoms with Crippen molar-refractivity contribution in [3.63, 3.8) is 0 Å². The second-order valence-corrected chi connectivity index (χ2v) is 3.73. The molecule has 15 heavy (non-hydrogen) atoms. The predicted octanol–water partition coefficient (Wildman–Crippen LogP) is 1.67. The number of hydrogen-bond acceptors (Lipinski definition) is 2. The number of carbonyl (C=O) groups excluding carboxylic acids is 1. The third kappa shape index (κ3) is 3.92. The van der Waals surface area contributed by atoms with Gasteiger partial charge in [0.25, 0.3) is 0 Å². The van der Waals surface area contributed by atoms with Crippen molar-refractivity contribution in [3.8, 4) is 12.3 Å². The zero-order chi connectivity index (χ0) is 11.3. The topological polar surface area (TPSA) is 29.1 Å². The fraction of sp³-hybridized carbons (Fsp3) is 0.167. The summed E-state index contributed by atoms with van der Waals surface area (Å²) in [5.41, 5.74) is 1.73. The Kier molecular flexibility index (Phi) is 4.02. The van der Waals surface area contributed by atoms with Crippen molar-refractivity contribution < 1.29 is 4.79 Å². The summed E-state index contributed by atoms with van der Waals surface area (Å²) < 4.78 is 0. The average molecular weight is 217 g/mol. The van der Waals surface area contributed by atoms with Gasteiger partial charge in [0.1, 0.15) is 0 Å². The van der Waals surface area contributed by atoms with E-state index in [1.807, 2.05) is 24.3 Å². The van der Waals surface area contributed by atoms with Gasteiger partial charge in [-0.3, -0.25) is 4.79 Å². The normalized spacial score (nSPS) is 9.07. The lowest BCUT2D eigenvalue weighted by Crippen LogP contribution is -2.28. The zero-order valence-electron chi connectivity index (χ0n) is 8.41. The molecule has 0 heterocycles. The lowest BCUT2D eigenvalue weighted by Gasteiger charge is -2.02. The summed E-state index contributed by atoms with van der Waals surface area (Å²) in [6.45, 7) is 1.68. The fourth-order valence-electron chi connectivity index (χ4n) is 1.14. The van der Waals surface area contributed by atoms with Gasteiger partial charge in [0.05, 0.1) is 11.4 Å².